The van der Waals surface area contributed by atoms with E-state index in [2.05, 4.69) is 243 Å². The quantitative estimate of drug-likeness (QED) is 0.157. The Labute approximate surface area is 342 Å². The van der Waals surface area contributed by atoms with E-state index in [1.54, 1.807) is 0 Å². The van der Waals surface area contributed by atoms with Crippen molar-refractivity contribution in [1.82, 2.24) is 0 Å². The smallest absolute Gasteiger partial charge is 0.0503 e. The predicted molar refractivity (Wildman–Crippen MR) is 246 cm³/mol. The summed E-state index contributed by atoms with van der Waals surface area (Å²) >= 11 is 0. The number of hydrogen-bond donors (Lipinski definition) is 0. The van der Waals surface area contributed by atoms with Crippen LogP contribution in [0.4, 0.5) is 17.1 Å². The Bertz CT molecular complexity index is 2740. The summed E-state index contributed by atoms with van der Waals surface area (Å²) < 4.78 is 0. The normalized spacial score (nSPS) is 12.8. The lowest BCUT2D eigenvalue weighted by Crippen LogP contribution is -2.30. The van der Waals surface area contributed by atoms with Gasteiger partial charge in [-0.2, -0.15) is 0 Å². The molecule has 58 heavy (non-hydrogen) atoms. The number of hydrogen-bond acceptors (Lipinski definition) is 1. The van der Waals surface area contributed by atoms with Crippen molar-refractivity contribution in [2.45, 2.75) is 19.3 Å². The van der Waals surface area contributed by atoms with Crippen LogP contribution in [-0.2, 0) is 5.41 Å². The monoisotopic (exact) mass is 741 g/mol. The third-order valence-electron chi connectivity index (χ3n) is 11.9. The molecule has 0 amide bonds. The molecule has 0 radical (unpaired) electrons. The second-order valence-corrected chi connectivity index (χ2v) is 15.8. The van der Waals surface area contributed by atoms with Crippen molar-refractivity contribution in [3.05, 3.63) is 236 Å². The van der Waals surface area contributed by atoms with Crippen LogP contribution in [0.2, 0.25) is 0 Å². The Morgan fingerprint density at radius 3 is 0.931 bits per heavy atom. The zero-order chi connectivity index (χ0) is 39.1. The molecule has 1 aliphatic heterocycles. The Morgan fingerprint density at radius 2 is 0.534 bits per heavy atom. The molecule has 10 rings (SSSR count). The zero-order valence-electron chi connectivity index (χ0n) is 32.8. The average Bonchev–Trinajstić information content (AvgIpc) is 3.30. The van der Waals surface area contributed by atoms with Crippen LogP contribution < -0.4 is 4.90 Å². The third-order valence-corrected chi connectivity index (χ3v) is 11.9. The molecule has 0 aromatic heterocycles. The molecule has 1 nitrogen and oxygen atoms in total. The lowest BCUT2D eigenvalue weighted by Gasteiger charge is -2.42. The third kappa shape index (κ3) is 6.51. The largest absolute Gasteiger partial charge is 0.310 e. The second-order valence-electron chi connectivity index (χ2n) is 15.8. The van der Waals surface area contributed by atoms with Gasteiger partial charge in [-0.1, -0.05) is 190 Å². The van der Waals surface area contributed by atoms with Crippen LogP contribution in [0.3, 0.4) is 0 Å². The van der Waals surface area contributed by atoms with Gasteiger partial charge in [0.15, 0.2) is 0 Å². The van der Waals surface area contributed by atoms with Gasteiger partial charge in [0.2, 0.25) is 0 Å². The van der Waals surface area contributed by atoms with Gasteiger partial charge in [0.1, 0.15) is 0 Å². The molecule has 276 valence electrons. The van der Waals surface area contributed by atoms with E-state index in [-0.39, 0.29) is 5.41 Å². The highest BCUT2D eigenvalue weighted by molar-refractivity contribution is 5.90. The van der Waals surface area contributed by atoms with Crippen LogP contribution in [0.25, 0.3) is 66.8 Å². The first-order valence-electron chi connectivity index (χ1n) is 20.2. The van der Waals surface area contributed by atoms with Crippen molar-refractivity contribution in [1.29, 1.82) is 0 Å². The molecule has 1 heterocycles. The van der Waals surface area contributed by atoms with E-state index in [1.807, 2.05) is 0 Å². The SMILES string of the molecule is CC1(C)c2cc(-c3cccc(-c4ccccc4)c3)ccc2N(c2ccc(-c3ccc(-c4ccccc4)cc3)cc2)c2ccc(-c3cccc(-c4ccccc4)c3)cc21. The summed E-state index contributed by atoms with van der Waals surface area (Å²) in [5.74, 6) is 0. The minimum atomic E-state index is -0.276. The van der Waals surface area contributed by atoms with E-state index < -0.39 is 0 Å². The summed E-state index contributed by atoms with van der Waals surface area (Å²) in [4.78, 5) is 2.46. The van der Waals surface area contributed by atoms with Crippen molar-refractivity contribution in [3.8, 4) is 66.8 Å². The van der Waals surface area contributed by atoms with Crippen LogP contribution in [0.1, 0.15) is 25.0 Å². The Hall–Kier alpha value is -7.22. The molecule has 1 aliphatic rings. The standard InChI is InChI=1S/C57H43N/c1-57(2)53-38-50(48-22-12-20-46(36-48)41-16-8-4-9-17-41)30-34-55(53)58(52-32-28-45(29-33-52)44-26-24-43(25-27-44)40-14-6-3-7-15-40)56-35-31-51(39-54(56)57)49-23-13-21-47(37-49)42-18-10-5-11-19-42/h3-39H,1-2H3. The molecule has 0 saturated heterocycles. The Balaban J connectivity index is 1.07. The Morgan fingerprint density at radius 1 is 0.259 bits per heavy atom. The fourth-order valence-corrected chi connectivity index (χ4v) is 8.68. The van der Waals surface area contributed by atoms with Gasteiger partial charge in [0.25, 0.3) is 0 Å². The molecular weight excluding hydrogens is 699 g/mol. The molecule has 0 N–H and O–H groups in total. The molecular formula is C57H43N. The summed E-state index contributed by atoms with van der Waals surface area (Å²) in [5.41, 5.74) is 20.5. The maximum absolute atomic E-state index is 2.46. The van der Waals surface area contributed by atoms with Crippen LogP contribution in [-0.4, -0.2) is 0 Å². The molecule has 0 bridgehead atoms. The van der Waals surface area contributed by atoms with Gasteiger partial charge in [-0.05, 0) is 126 Å². The highest BCUT2D eigenvalue weighted by Gasteiger charge is 2.37. The zero-order valence-corrected chi connectivity index (χ0v) is 32.8. The number of fused-ring (bicyclic) bond motifs is 2. The molecule has 0 spiro atoms. The first-order valence-corrected chi connectivity index (χ1v) is 20.2. The van der Waals surface area contributed by atoms with Gasteiger partial charge in [-0.15, -0.1) is 0 Å². The van der Waals surface area contributed by atoms with E-state index in [9.17, 15) is 0 Å². The van der Waals surface area contributed by atoms with Crippen molar-refractivity contribution in [2.24, 2.45) is 0 Å². The second kappa shape index (κ2) is 14.7. The average molecular weight is 742 g/mol. The highest BCUT2D eigenvalue weighted by Crippen LogP contribution is 2.53. The van der Waals surface area contributed by atoms with Gasteiger partial charge in [-0.3, -0.25) is 0 Å². The lowest BCUT2D eigenvalue weighted by atomic mass is 9.72. The molecule has 0 aliphatic carbocycles. The van der Waals surface area contributed by atoms with Gasteiger partial charge in [0.05, 0.1) is 11.4 Å². The topological polar surface area (TPSA) is 3.24 Å². The summed E-state index contributed by atoms with van der Waals surface area (Å²) in [6.45, 7) is 4.77. The van der Waals surface area contributed by atoms with Crippen molar-refractivity contribution in [3.63, 3.8) is 0 Å². The molecule has 1 heteroatoms. The van der Waals surface area contributed by atoms with Crippen molar-refractivity contribution < 1.29 is 0 Å². The van der Waals surface area contributed by atoms with E-state index in [0.717, 1.165) is 5.69 Å². The lowest BCUT2D eigenvalue weighted by molar-refractivity contribution is 0.632. The van der Waals surface area contributed by atoms with Gasteiger partial charge in [-0.25, -0.2) is 0 Å². The van der Waals surface area contributed by atoms with Crippen LogP contribution in [0.15, 0.2) is 224 Å². The minimum absolute atomic E-state index is 0.276. The van der Waals surface area contributed by atoms with Crippen LogP contribution in [0.5, 0.6) is 0 Å². The minimum Gasteiger partial charge on any atom is -0.310 e. The van der Waals surface area contributed by atoms with Gasteiger partial charge < -0.3 is 4.90 Å². The van der Waals surface area contributed by atoms with Crippen LogP contribution >= 0.6 is 0 Å². The fraction of sp³-hybridized carbons (Fsp3) is 0.0526. The molecule has 0 unspecified atom stereocenters. The first-order chi connectivity index (χ1) is 28.5. The van der Waals surface area contributed by atoms with Crippen molar-refractivity contribution >= 4 is 17.1 Å². The first kappa shape index (κ1) is 35.2. The summed E-state index contributed by atoms with van der Waals surface area (Å²) in [6.07, 6.45) is 0. The van der Waals surface area contributed by atoms with E-state index >= 15 is 0 Å². The molecule has 0 atom stereocenters. The van der Waals surface area contributed by atoms with E-state index in [4.69, 9.17) is 0 Å². The maximum atomic E-state index is 2.46. The number of anilines is 3. The molecule has 9 aromatic carbocycles. The van der Waals surface area contributed by atoms with E-state index in [0.29, 0.717) is 0 Å². The predicted octanol–water partition coefficient (Wildman–Crippen LogP) is 15.8. The number of rotatable bonds is 7. The number of nitrogens with zero attached hydrogens (tertiary/aromatic N) is 1. The van der Waals surface area contributed by atoms with Gasteiger partial charge in [0, 0.05) is 11.1 Å². The van der Waals surface area contributed by atoms with Crippen molar-refractivity contribution in [2.75, 3.05) is 4.90 Å². The summed E-state index contributed by atoms with van der Waals surface area (Å²) in [6, 6.07) is 81.8. The highest BCUT2D eigenvalue weighted by atomic mass is 15.2. The molecule has 0 saturated carbocycles. The molecule has 0 fully saturated rings. The Kier molecular flexibility index (Phi) is 8.92. The fourth-order valence-electron chi connectivity index (χ4n) is 8.68. The summed E-state index contributed by atoms with van der Waals surface area (Å²) in [7, 11) is 0. The van der Waals surface area contributed by atoms with Gasteiger partial charge >= 0.3 is 0 Å². The maximum Gasteiger partial charge on any atom is 0.0503 e. The molecule has 9 aromatic rings. The number of benzene rings is 9. The summed E-state index contributed by atoms with van der Waals surface area (Å²) in [5, 5.41) is 0. The van der Waals surface area contributed by atoms with Crippen LogP contribution in [0, 0.1) is 0 Å². The van der Waals surface area contributed by atoms with E-state index in [1.165, 1.54) is 89.3 Å².